The molecule has 0 aliphatic heterocycles. The summed E-state index contributed by atoms with van der Waals surface area (Å²) in [5, 5.41) is 10.1. The number of rotatable bonds is 2. The monoisotopic (exact) mass is 426 g/mol. The third kappa shape index (κ3) is 3.64. The molecule has 0 radical (unpaired) electrons. The molecule has 0 saturated carbocycles. The number of aliphatic hydroxyl groups excluding tert-OH is 1. The van der Waals surface area contributed by atoms with E-state index >= 15 is 0 Å². The first-order valence-corrected chi connectivity index (χ1v) is 7.28. The lowest BCUT2D eigenvalue weighted by Gasteiger charge is -2.14. The highest BCUT2D eigenvalue weighted by atomic mass is 79.9. The highest BCUT2D eigenvalue weighted by molar-refractivity contribution is 9.13. The fourth-order valence-electron chi connectivity index (χ4n) is 1.81. The van der Waals surface area contributed by atoms with Crippen molar-refractivity contribution in [2.75, 3.05) is 0 Å². The SMILES string of the molecule is OC(c1ccc(C(F)(F)F)c(F)c1)c1ccc(Br)c(Br)c1. The third-order valence-electron chi connectivity index (χ3n) is 2.87. The van der Waals surface area contributed by atoms with Crippen LogP contribution in [-0.2, 0) is 6.18 Å². The van der Waals surface area contributed by atoms with Gasteiger partial charge in [-0.15, -0.1) is 0 Å². The predicted octanol–water partition coefficient (Wildman–Crippen LogP) is 5.45. The van der Waals surface area contributed by atoms with Crippen molar-refractivity contribution in [2.24, 2.45) is 0 Å². The molecule has 112 valence electrons. The summed E-state index contributed by atoms with van der Waals surface area (Å²) < 4.78 is 52.4. The van der Waals surface area contributed by atoms with Gasteiger partial charge in [0.15, 0.2) is 0 Å². The molecule has 0 bridgehead atoms. The Bertz CT molecular complexity index is 671. The molecule has 0 fully saturated rings. The van der Waals surface area contributed by atoms with Crippen molar-refractivity contribution in [3.8, 4) is 0 Å². The molecule has 2 aromatic rings. The van der Waals surface area contributed by atoms with Crippen molar-refractivity contribution in [1.82, 2.24) is 0 Å². The molecule has 2 aromatic carbocycles. The van der Waals surface area contributed by atoms with E-state index in [0.29, 0.717) is 22.2 Å². The Hall–Kier alpha value is -0.920. The zero-order chi connectivity index (χ0) is 15.8. The van der Waals surface area contributed by atoms with Gasteiger partial charge in [0.05, 0.1) is 5.56 Å². The van der Waals surface area contributed by atoms with E-state index in [9.17, 15) is 22.7 Å². The Kier molecular flexibility index (Phi) is 4.75. The van der Waals surface area contributed by atoms with Gasteiger partial charge in [0.25, 0.3) is 0 Å². The van der Waals surface area contributed by atoms with E-state index in [-0.39, 0.29) is 5.56 Å². The predicted molar refractivity (Wildman–Crippen MR) is 77.3 cm³/mol. The Balaban J connectivity index is 2.38. The minimum atomic E-state index is -4.76. The normalized spacial score (nSPS) is 13.3. The lowest BCUT2D eigenvalue weighted by molar-refractivity contribution is -0.140. The standard InChI is InChI=1S/C14H8Br2F4O/c15-10-4-2-7(5-11(10)16)13(21)8-1-3-9(12(17)6-8)14(18,19)20/h1-6,13,21H. The van der Waals surface area contributed by atoms with Crippen molar-refractivity contribution in [3.05, 3.63) is 67.9 Å². The number of alkyl halides is 3. The topological polar surface area (TPSA) is 20.2 Å². The van der Waals surface area contributed by atoms with Gasteiger partial charge in [-0.3, -0.25) is 0 Å². The Morgan fingerprint density at radius 3 is 2.00 bits per heavy atom. The minimum absolute atomic E-state index is 0.0507. The number of halogens is 6. The molecule has 0 aromatic heterocycles. The maximum absolute atomic E-state index is 13.5. The minimum Gasteiger partial charge on any atom is -0.384 e. The fourth-order valence-corrected chi connectivity index (χ4v) is 2.45. The summed E-state index contributed by atoms with van der Waals surface area (Å²) in [6.07, 6.45) is -5.97. The van der Waals surface area contributed by atoms with Crippen molar-refractivity contribution in [1.29, 1.82) is 0 Å². The number of benzene rings is 2. The van der Waals surface area contributed by atoms with Crippen molar-refractivity contribution < 1.29 is 22.7 Å². The molecule has 21 heavy (non-hydrogen) atoms. The van der Waals surface area contributed by atoms with Gasteiger partial charge in [-0.25, -0.2) is 4.39 Å². The van der Waals surface area contributed by atoms with Gasteiger partial charge in [0, 0.05) is 8.95 Å². The Morgan fingerprint density at radius 1 is 0.905 bits per heavy atom. The molecule has 0 aliphatic carbocycles. The first-order chi connectivity index (χ1) is 9.70. The number of hydrogen-bond acceptors (Lipinski definition) is 1. The van der Waals surface area contributed by atoms with Gasteiger partial charge in [-0.2, -0.15) is 13.2 Å². The Labute approximate surface area is 134 Å². The summed E-state index contributed by atoms with van der Waals surface area (Å²) in [7, 11) is 0. The molecule has 1 N–H and O–H groups in total. The highest BCUT2D eigenvalue weighted by Crippen LogP contribution is 2.34. The molecular weight excluding hydrogens is 420 g/mol. The summed E-state index contributed by atoms with van der Waals surface area (Å²) in [5.41, 5.74) is -0.866. The highest BCUT2D eigenvalue weighted by Gasteiger charge is 2.34. The molecule has 1 atom stereocenters. The van der Waals surface area contributed by atoms with E-state index in [1.807, 2.05) is 0 Å². The molecular formula is C14H8Br2F4O. The van der Waals surface area contributed by atoms with Gasteiger partial charge >= 0.3 is 6.18 Å². The maximum atomic E-state index is 13.5. The zero-order valence-corrected chi connectivity index (χ0v) is 13.4. The second kappa shape index (κ2) is 6.06. The molecule has 7 heteroatoms. The van der Waals surface area contributed by atoms with Crippen LogP contribution in [0.4, 0.5) is 17.6 Å². The smallest absolute Gasteiger partial charge is 0.384 e. The van der Waals surface area contributed by atoms with E-state index in [0.717, 1.165) is 10.5 Å². The van der Waals surface area contributed by atoms with Crippen LogP contribution >= 0.6 is 31.9 Å². The molecule has 0 spiro atoms. The average molecular weight is 428 g/mol. The summed E-state index contributed by atoms with van der Waals surface area (Å²) in [6, 6.07) is 7.25. The molecule has 2 rings (SSSR count). The molecule has 0 aliphatic rings. The molecule has 0 amide bonds. The van der Waals surface area contributed by atoms with E-state index < -0.39 is 23.7 Å². The lowest BCUT2D eigenvalue weighted by Crippen LogP contribution is -2.09. The van der Waals surface area contributed by atoms with Crippen LogP contribution in [-0.4, -0.2) is 5.11 Å². The third-order valence-corrected chi connectivity index (χ3v) is 4.75. The largest absolute Gasteiger partial charge is 0.419 e. The second-order valence-corrected chi connectivity index (χ2v) is 6.02. The first-order valence-electron chi connectivity index (χ1n) is 5.70. The van der Waals surface area contributed by atoms with Gasteiger partial charge in [-0.05, 0) is 67.3 Å². The molecule has 0 saturated heterocycles. The number of hydrogen-bond donors (Lipinski definition) is 1. The van der Waals surface area contributed by atoms with Crippen LogP contribution in [0.1, 0.15) is 22.8 Å². The Morgan fingerprint density at radius 2 is 1.48 bits per heavy atom. The van der Waals surface area contributed by atoms with Crippen LogP contribution in [0.3, 0.4) is 0 Å². The second-order valence-electron chi connectivity index (χ2n) is 4.31. The van der Waals surface area contributed by atoms with Crippen molar-refractivity contribution in [2.45, 2.75) is 12.3 Å². The van der Waals surface area contributed by atoms with Gasteiger partial charge in [-0.1, -0.05) is 12.1 Å². The average Bonchev–Trinajstić information content (AvgIpc) is 2.39. The zero-order valence-electron chi connectivity index (χ0n) is 10.3. The first kappa shape index (κ1) is 16.5. The molecule has 1 nitrogen and oxygen atoms in total. The van der Waals surface area contributed by atoms with E-state index in [2.05, 4.69) is 31.9 Å². The number of aliphatic hydroxyl groups is 1. The summed E-state index contributed by atoms with van der Waals surface area (Å²) >= 11 is 6.52. The summed E-state index contributed by atoms with van der Waals surface area (Å²) in [4.78, 5) is 0. The van der Waals surface area contributed by atoms with Crippen LogP contribution in [0.15, 0.2) is 45.3 Å². The quantitative estimate of drug-likeness (QED) is 0.631. The van der Waals surface area contributed by atoms with E-state index in [4.69, 9.17) is 0 Å². The molecule has 1 unspecified atom stereocenters. The van der Waals surface area contributed by atoms with Crippen LogP contribution in [0, 0.1) is 5.82 Å². The summed E-state index contributed by atoms with van der Waals surface area (Å²) in [5.74, 6) is -1.41. The van der Waals surface area contributed by atoms with E-state index in [1.54, 1.807) is 18.2 Å². The van der Waals surface area contributed by atoms with Crippen LogP contribution < -0.4 is 0 Å². The fraction of sp³-hybridized carbons (Fsp3) is 0.143. The van der Waals surface area contributed by atoms with E-state index in [1.165, 1.54) is 0 Å². The van der Waals surface area contributed by atoms with Gasteiger partial charge in [0.1, 0.15) is 11.9 Å². The van der Waals surface area contributed by atoms with Crippen LogP contribution in [0.25, 0.3) is 0 Å². The maximum Gasteiger partial charge on any atom is 0.419 e. The van der Waals surface area contributed by atoms with Crippen LogP contribution in [0.2, 0.25) is 0 Å². The molecule has 0 heterocycles. The summed E-state index contributed by atoms with van der Waals surface area (Å²) in [6.45, 7) is 0. The lowest BCUT2D eigenvalue weighted by atomic mass is 10.00. The van der Waals surface area contributed by atoms with Gasteiger partial charge in [0.2, 0.25) is 0 Å². The van der Waals surface area contributed by atoms with Crippen molar-refractivity contribution >= 4 is 31.9 Å². The van der Waals surface area contributed by atoms with Gasteiger partial charge < -0.3 is 5.11 Å². The van der Waals surface area contributed by atoms with Crippen molar-refractivity contribution in [3.63, 3.8) is 0 Å². The van der Waals surface area contributed by atoms with Crippen LogP contribution in [0.5, 0.6) is 0 Å².